The number of hydrogen-bond acceptors (Lipinski definition) is 6. The number of carbonyl (C=O) groups is 2. The van der Waals surface area contributed by atoms with Gasteiger partial charge in [-0.2, -0.15) is 0 Å². The van der Waals surface area contributed by atoms with E-state index in [1.54, 1.807) is 24.5 Å². The van der Waals surface area contributed by atoms with E-state index in [0.717, 1.165) is 10.9 Å². The fourth-order valence-electron chi connectivity index (χ4n) is 3.16. The first kappa shape index (κ1) is 18.9. The van der Waals surface area contributed by atoms with Crippen LogP contribution in [0.5, 0.6) is 0 Å². The Hall–Kier alpha value is -3.45. The van der Waals surface area contributed by atoms with Gasteiger partial charge >= 0.3 is 5.97 Å². The fourth-order valence-corrected chi connectivity index (χ4v) is 3.41. The number of carbonyl (C=O) groups excluding carboxylic acids is 2. The zero-order chi connectivity index (χ0) is 20.5. The predicted molar refractivity (Wildman–Crippen MR) is 108 cm³/mol. The average Bonchev–Trinajstić information content (AvgIpc) is 3.06. The highest BCUT2D eigenvalue weighted by atomic mass is 35.5. The number of furan rings is 1. The molecule has 8 heteroatoms. The van der Waals surface area contributed by atoms with Crippen LogP contribution in [0.4, 0.5) is 0 Å². The summed E-state index contributed by atoms with van der Waals surface area (Å²) >= 11 is 6.45. The van der Waals surface area contributed by atoms with Gasteiger partial charge in [-0.1, -0.05) is 11.6 Å². The SMILES string of the molecule is COC(=O)c1cc(C)cc2c(Cl)c(CNC(=O)c3cncc4cccnc34)oc12. The van der Waals surface area contributed by atoms with E-state index in [9.17, 15) is 9.59 Å². The molecular formula is C21H16ClN3O4. The third-order valence-electron chi connectivity index (χ3n) is 4.51. The zero-order valence-corrected chi connectivity index (χ0v) is 16.4. The number of benzene rings is 1. The summed E-state index contributed by atoms with van der Waals surface area (Å²) in [6.45, 7) is 1.88. The van der Waals surface area contributed by atoms with Crippen LogP contribution in [-0.4, -0.2) is 29.0 Å². The summed E-state index contributed by atoms with van der Waals surface area (Å²) < 4.78 is 10.6. The van der Waals surface area contributed by atoms with Gasteiger partial charge in [0.2, 0.25) is 0 Å². The van der Waals surface area contributed by atoms with Crippen molar-refractivity contribution in [2.24, 2.45) is 0 Å². The molecule has 3 aromatic heterocycles. The third-order valence-corrected chi connectivity index (χ3v) is 4.92. The lowest BCUT2D eigenvalue weighted by molar-refractivity contribution is 0.0601. The molecule has 0 saturated carbocycles. The molecule has 0 bridgehead atoms. The summed E-state index contributed by atoms with van der Waals surface area (Å²) in [5, 5.41) is 4.46. The summed E-state index contributed by atoms with van der Waals surface area (Å²) in [6.07, 6.45) is 4.72. The molecule has 4 aromatic rings. The van der Waals surface area contributed by atoms with Gasteiger partial charge in [0.25, 0.3) is 5.91 Å². The maximum Gasteiger partial charge on any atom is 0.341 e. The lowest BCUT2D eigenvalue weighted by Crippen LogP contribution is -2.23. The second-order valence-electron chi connectivity index (χ2n) is 6.46. The fraction of sp³-hybridized carbons (Fsp3) is 0.143. The summed E-state index contributed by atoms with van der Waals surface area (Å²) in [6, 6.07) is 7.10. The van der Waals surface area contributed by atoms with E-state index in [-0.39, 0.29) is 18.0 Å². The van der Waals surface area contributed by atoms with Gasteiger partial charge in [-0.05, 0) is 36.8 Å². The number of nitrogens with one attached hydrogen (secondary N) is 1. The van der Waals surface area contributed by atoms with Gasteiger partial charge in [-0.15, -0.1) is 0 Å². The van der Waals surface area contributed by atoms with Crippen molar-refractivity contribution in [3.63, 3.8) is 0 Å². The number of fused-ring (bicyclic) bond motifs is 2. The van der Waals surface area contributed by atoms with Crippen LogP contribution in [0.2, 0.25) is 5.02 Å². The van der Waals surface area contributed by atoms with E-state index < -0.39 is 5.97 Å². The van der Waals surface area contributed by atoms with E-state index in [1.807, 2.05) is 19.1 Å². The Morgan fingerprint density at radius 2 is 2.07 bits per heavy atom. The first-order valence-electron chi connectivity index (χ1n) is 8.76. The molecule has 0 saturated heterocycles. The van der Waals surface area contributed by atoms with Crippen LogP contribution < -0.4 is 5.32 Å². The second-order valence-corrected chi connectivity index (χ2v) is 6.84. The molecule has 0 aliphatic carbocycles. The minimum atomic E-state index is -0.521. The Balaban J connectivity index is 1.65. The smallest absolute Gasteiger partial charge is 0.341 e. The molecule has 1 aromatic carbocycles. The quantitative estimate of drug-likeness (QED) is 0.511. The first-order valence-corrected chi connectivity index (χ1v) is 9.14. The van der Waals surface area contributed by atoms with Crippen molar-refractivity contribution in [1.29, 1.82) is 0 Å². The van der Waals surface area contributed by atoms with E-state index in [0.29, 0.717) is 32.8 Å². The van der Waals surface area contributed by atoms with Crippen molar-refractivity contribution >= 4 is 45.3 Å². The molecule has 7 nitrogen and oxygen atoms in total. The number of hydrogen-bond donors (Lipinski definition) is 1. The van der Waals surface area contributed by atoms with Crippen LogP contribution in [0, 0.1) is 6.92 Å². The number of halogens is 1. The van der Waals surface area contributed by atoms with E-state index >= 15 is 0 Å². The number of esters is 1. The molecule has 0 atom stereocenters. The van der Waals surface area contributed by atoms with Gasteiger partial charge in [0.05, 0.1) is 29.8 Å². The Labute approximate surface area is 170 Å². The topological polar surface area (TPSA) is 94.3 Å². The van der Waals surface area contributed by atoms with Crippen LogP contribution >= 0.6 is 11.6 Å². The van der Waals surface area contributed by atoms with Crippen LogP contribution in [0.1, 0.15) is 32.0 Å². The number of ether oxygens (including phenoxy) is 1. The van der Waals surface area contributed by atoms with Crippen molar-refractivity contribution in [3.8, 4) is 0 Å². The maximum absolute atomic E-state index is 12.7. The first-order chi connectivity index (χ1) is 14.0. The van der Waals surface area contributed by atoms with E-state index in [2.05, 4.69) is 15.3 Å². The van der Waals surface area contributed by atoms with Gasteiger partial charge in [0.1, 0.15) is 11.3 Å². The van der Waals surface area contributed by atoms with Crippen molar-refractivity contribution < 1.29 is 18.7 Å². The number of nitrogens with zero attached hydrogens (tertiary/aromatic N) is 2. The highest BCUT2D eigenvalue weighted by Crippen LogP contribution is 2.34. The van der Waals surface area contributed by atoms with Gasteiger partial charge < -0.3 is 14.5 Å². The summed E-state index contributed by atoms with van der Waals surface area (Å²) in [4.78, 5) is 33.1. The van der Waals surface area contributed by atoms with Gasteiger partial charge in [-0.25, -0.2) is 4.79 Å². The second kappa shape index (κ2) is 7.52. The van der Waals surface area contributed by atoms with E-state index in [1.165, 1.54) is 13.3 Å². The average molecular weight is 410 g/mol. The van der Waals surface area contributed by atoms with E-state index in [4.69, 9.17) is 20.8 Å². The standard InChI is InChI=1S/C21H16ClN3O4/c1-11-6-13-17(22)16(29-19(13)14(7-11)21(27)28-2)10-25-20(26)15-9-23-8-12-4-3-5-24-18(12)15/h3-9H,10H2,1-2H3,(H,25,26). The molecule has 0 aliphatic rings. The number of aromatic nitrogens is 2. The third kappa shape index (κ3) is 3.40. The van der Waals surface area contributed by atoms with Gasteiger partial charge in [0, 0.05) is 29.4 Å². The lowest BCUT2D eigenvalue weighted by Gasteiger charge is -2.06. The molecule has 29 heavy (non-hydrogen) atoms. The number of rotatable bonds is 4. The zero-order valence-electron chi connectivity index (χ0n) is 15.7. The Kier molecular flexibility index (Phi) is 4.90. The molecule has 1 N–H and O–H groups in total. The molecule has 0 spiro atoms. The molecule has 0 aliphatic heterocycles. The number of amides is 1. The predicted octanol–water partition coefficient (Wildman–Crippen LogP) is 4.05. The number of methoxy groups -OCH3 is 1. The monoisotopic (exact) mass is 409 g/mol. The summed E-state index contributed by atoms with van der Waals surface area (Å²) in [5.74, 6) is -0.540. The highest BCUT2D eigenvalue weighted by molar-refractivity contribution is 6.36. The molecule has 0 unspecified atom stereocenters. The van der Waals surface area contributed by atoms with Crippen LogP contribution in [0.3, 0.4) is 0 Å². The Morgan fingerprint density at radius 3 is 2.86 bits per heavy atom. The van der Waals surface area contributed by atoms with Gasteiger partial charge in [0.15, 0.2) is 5.58 Å². The maximum atomic E-state index is 12.7. The normalized spacial score (nSPS) is 11.0. The minimum Gasteiger partial charge on any atom is -0.465 e. The molecule has 146 valence electrons. The van der Waals surface area contributed by atoms with Crippen LogP contribution in [-0.2, 0) is 11.3 Å². The van der Waals surface area contributed by atoms with Crippen molar-refractivity contribution in [1.82, 2.24) is 15.3 Å². The summed E-state index contributed by atoms with van der Waals surface area (Å²) in [5.41, 5.74) is 2.35. The molecule has 3 heterocycles. The minimum absolute atomic E-state index is 0.0369. The molecule has 1 amide bonds. The van der Waals surface area contributed by atoms with Crippen LogP contribution in [0.25, 0.3) is 21.9 Å². The van der Waals surface area contributed by atoms with Gasteiger partial charge in [-0.3, -0.25) is 14.8 Å². The molecular weight excluding hydrogens is 394 g/mol. The Morgan fingerprint density at radius 1 is 1.24 bits per heavy atom. The molecule has 4 rings (SSSR count). The largest absolute Gasteiger partial charge is 0.465 e. The lowest BCUT2D eigenvalue weighted by atomic mass is 10.1. The van der Waals surface area contributed by atoms with Crippen molar-refractivity contribution in [3.05, 3.63) is 70.3 Å². The number of pyridine rings is 2. The van der Waals surface area contributed by atoms with Crippen molar-refractivity contribution in [2.45, 2.75) is 13.5 Å². The molecule has 0 fully saturated rings. The summed E-state index contributed by atoms with van der Waals surface area (Å²) in [7, 11) is 1.30. The highest BCUT2D eigenvalue weighted by Gasteiger charge is 2.21. The molecule has 0 radical (unpaired) electrons. The number of aryl methyl sites for hydroxylation is 1. The van der Waals surface area contributed by atoms with Crippen molar-refractivity contribution in [2.75, 3.05) is 7.11 Å². The van der Waals surface area contributed by atoms with Crippen LogP contribution in [0.15, 0.2) is 47.3 Å². The Bertz CT molecular complexity index is 1260.